The van der Waals surface area contributed by atoms with E-state index < -0.39 is 5.97 Å². The Morgan fingerprint density at radius 3 is 2.64 bits per heavy atom. The molecule has 1 N–H and O–H groups in total. The lowest BCUT2D eigenvalue weighted by Crippen LogP contribution is -2.25. The fraction of sp³-hybridized carbons (Fsp3) is 0.227. The molecule has 3 rings (SSSR count). The van der Waals surface area contributed by atoms with Crippen LogP contribution in [0.15, 0.2) is 72.4 Å². The number of hydrogen-bond donors (Lipinski definition) is 1. The summed E-state index contributed by atoms with van der Waals surface area (Å²) in [6.45, 7) is 1.78. The number of nitrogens with zero attached hydrogens (tertiary/aromatic N) is 1. The Bertz CT molecular complexity index is 778. The van der Waals surface area contributed by atoms with Gasteiger partial charge in [0.05, 0.1) is 5.57 Å². The summed E-state index contributed by atoms with van der Waals surface area (Å²) >= 11 is 0. The highest BCUT2D eigenvalue weighted by molar-refractivity contribution is 5.86. The first-order valence-electron chi connectivity index (χ1n) is 8.73. The summed E-state index contributed by atoms with van der Waals surface area (Å²) in [6.07, 6.45) is 8.62. The molecule has 128 valence electrons. The minimum atomic E-state index is -0.794. The van der Waals surface area contributed by atoms with E-state index in [2.05, 4.69) is 65.6 Å². The Kier molecular flexibility index (Phi) is 5.68. The summed E-state index contributed by atoms with van der Waals surface area (Å²) in [5, 5.41) is 9.11. The van der Waals surface area contributed by atoms with Gasteiger partial charge in [0.1, 0.15) is 0 Å². The van der Waals surface area contributed by atoms with Gasteiger partial charge in [0.25, 0.3) is 0 Å². The maximum Gasteiger partial charge on any atom is 0.333 e. The van der Waals surface area contributed by atoms with Crippen molar-refractivity contribution in [3.05, 3.63) is 78.0 Å². The zero-order valence-corrected chi connectivity index (χ0v) is 14.3. The number of carbonyl (C=O) groups is 1. The first-order chi connectivity index (χ1) is 12.2. The van der Waals surface area contributed by atoms with E-state index in [1.54, 1.807) is 6.20 Å². The summed E-state index contributed by atoms with van der Waals surface area (Å²) in [5.74, 6) is -0.794. The minimum absolute atomic E-state index is 0.518. The highest BCUT2D eigenvalue weighted by Gasteiger charge is 2.14. The molecule has 0 saturated heterocycles. The molecule has 1 aliphatic rings. The topological polar surface area (TPSA) is 40.5 Å². The maximum atomic E-state index is 11.1. The zero-order valence-electron chi connectivity index (χ0n) is 14.3. The van der Waals surface area contributed by atoms with Crippen LogP contribution in [-0.4, -0.2) is 29.1 Å². The second-order valence-corrected chi connectivity index (χ2v) is 6.24. The van der Waals surface area contributed by atoms with Crippen molar-refractivity contribution >= 4 is 12.0 Å². The van der Waals surface area contributed by atoms with Crippen molar-refractivity contribution in [2.24, 2.45) is 0 Å². The van der Waals surface area contributed by atoms with Crippen molar-refractivity contribution in [2.45, 2.75) is 19.3 Å². The van der Waals surface area contributed by atoms with Crippen LogP contribution in [0.5, 0.6) is 0 Å². The summed E-state index contributed by atoms with van der Waals surface area (Å²) < 4.78 is 0. The number of hydrogen-bond acceptors (Lipinski definition) is 2. The molecular formula is C22H23NO2. The molecule has 25 heavy (non-hydrogen) atoms. The van der Waals surface area contributed by atoms with E-state index in [0.29, 0.717) is 12.0 Å². The predicted octanol–water partition coefficient (Wildman–Crippen LogP) is 4.82. The van der Waals surface area contributed by atoms with Crippen molar-refractivity contribution in [1.82, 2.24) is 4.90 Å². The quantitative estimate of drug-likeness (QED) is 0.824. The number of rotatable bonds is 6. The fourth-order valence-corrected chi connectivity index (χ4v) is 3.13. The Morgan fingerprint density at radius 1 is 1.08 bits per heavy atom. The van der Waals surface area contributed by atoms with Gasteiger partial charge in [-0.25, -0.2) is 4.79 Å². The van der Waals surface area contributed by atoms with Crippen LogP contribution in [0.4, 0.5) is 0 Å². The van der Waals surface area contributed by atoms with Crippen LogP contribution >= 0.6 is 0 Å². The Hall–Kier alpha value is -2.81. The van der Waals surface area contributed by atoms with Crippen LogP contribution in [0.25, 0.3) is 17.2 Å². The van der Waals surface area contributed by atoms with E-state index in [0.717, 1.165) is 25.9 Å². The molecule has 0 aromatic heterocycles. The molecule has 0 unspecified atom stereocenters. The van der Waals surface area contributed by atoms with Gasteiger partial charge < -0.3 is 10.0 Å². The van der Waals surface area contributed by atoms with Crippen LogP contribution in [0.3, 0.4) is 0 Å². The van der Waals surface area contributed by atoms with Gasteiger partial charge in [0.2, 0.25) is 0 Å². The lowest BCUT2D eigenvalue weighted by molar-refractivity contribution is -0.133. The van der Waals surface area contributed by atoms with Crippen molar-refractivity contribution in [3.63, 3.8) is 0 Å². The van der Waals surface area contributed by atoms with E-state index in [4.69, 9.17) is 5.11 Å². The number of carboxylic acid groups (broad SMARTS) is 1. The molecule has 1 aliphatic heterocycles. The van der Waals surface area contributed by atoms with E-state index >= 15 is 0 Å². The Morgan fingerprint density at radius 2 is 1.84 bits per heavy atom. The zero-order chi connectivity index (χ0) is 17.5. The second kappa shape index (κ2) is 8.34. The van der Waals surface area contributed by atoms with Gasteiger partial charge in [-0.05, 0) is 36.0 Å². The fourth-order valence-electron chi connectivity index (χ4n) is 3.13. The molecule has 0 radical (unpaired) electrons. The first-order valence-corrected chi connectivity index (χ1v) is 8.73. The van der Waals surface area contributed by atoms with Crippen molar-refractivity contribution in [1.29, 1.82) is 0 Å². The highest BCUT2D eigenvalue weighted by atomic mass is 16.4. The second-order valence-electron chi connectivity index (χ2n) is 6.24. The van der Waals surface area contributed by atoms with Crippen LogP contribution < -0.4 is 0 Å². The van der Waals surface area contributed by atoms with Gasteiger partial charge in [-0.2, -0.15) is 0 Å². The van der Waals surface area contributed by atoms with Gasteiger partial charge in [-0.15, -0.1) is 0 Å². The van der Waals surface area contributed by atoms with Gasteiger partial charge >= 0.3 is 5.97 Å². The number of aliphatic carboxylic acids is 1. The highest BCUT2D eigenvalue weighted by Crippen LogP contribution is 2.24. The summed E-state index contributed by atoms with van der Waals surface area (Å²) in [5.41, 5.74) is 4.16. The standard InChI is InChI=1S/C22H23NO2/c24-22(25)20-13-8-16-23(17-20)15-7-6-12-19-11-4-5-14-21(19)18-9-2-1-3-10-18/h1-6,9-12,14,17H,7-8,13,15-16H2,(H,24,25)/b12-6+. The molecule has 3 nitrogen and oxygen atoms in total. The predicted molar refractivity (Wildman–Crippen MR) is 102 cm³/mol. The third-order valence-corrected chi connectivity index (χ3v) is 4.43. The van der Waals surface area contributed by atoms with E-state index in [1.807, 2.05) is 6.07 Å². The van der Waals surface area contributed by atoms with Crippen LogP contribution in [0.1, 0.15) is 24.8 Å². The molecule has 0 aliphatic carbocycles. The Balaban J connectivity index is 1.64. The number of benzene rings is 2. The van der Waals surface area contributed by atoms with Crippen molar-refractivity contribution in [3.8, 4) is 11.1 Å². The van der Waals surface area contributed by atoms with Gasteiger partial charge in [0.15, 0.2) is 0 Å². The summed E-state index contributed by atoms with van der Waals surface area (Å²) in [7, 11) is 0. The molecule has 2 aromatic rings. The Labute approximate surface area is 148 Å². The third-order valence-electron chi connectivity index (χ3n) is 4.43. The molecule has 0 atom stereocenters. The summed E-state index contributed by atoms with van der Waals surface area (Å²) in [4.78, 5) is 13.2. The third kappa shape index (κ3) is 4.60. The van der Waals surface area contributed by atoms with Crippen LogP contribution in [0.2, 0.25) is 0 Å². The lowest BCUT2D eigenvalue weighted by Gasteiger charge is -2.24. The smallest absolute Gasteiger partial charge is 0.333 e. The van der Waals surface area contributed by atoms with Crippen molar-refractivity contribution in [2.75, 3.05) is 13.1 Å². The van der Waals surface area contributed by atoms with E-state index in [1.165, 1.54) is 16.7 Å². The minimum Gasteiger partial charge on any atom is -0.478 e. The average molecular weight is 333 g/mol. The molecule has 0 saturated carbocycles. The SMILES string of the molecule is O=C(O)C1=CN(CC/C=C/c2ccccc2-c2ccccc2)CCC1. The monoisotopic (exact) mass is 333 g/mol. The largest absolute Gasteiger partial charge is 0.478 e. The van der Waals surface area contributed by atoms with Crippen LogP contribution in [-0.2, 0) is 4.79 Å². The van der Waals surface area contributed by atoms with E-state index in [-0.39, 0.29) is 0 Å². The molecule has 0 bridgehead atoms. The molecular weight excluding hydrogens is 310 g/mol. The molecule has 2 aromatic carbocycles. The molecule has 3 heteroatoms. The van der Waals surface area contributed by atoms with Crippen LogP contribution in [0, 0.1) is 0 Å². The lowest BCUT2D eigenvalue weighted by atomic mass is 9.99. The molecule has 1 heterocycles. The van der Waals surface area contributed by atoms with Gasteiger partial charge in [-0.3, -0.25) is 0 Å². The van der Waals surface area contributed by atoms with Gasteiger partial charge in [-0.1, -0.05) is 66.7 Å². The molecule has 0 spiro atoms. The first kappa shape index (κ1) is 17.0. The van der Waals surface area contributed by atoms with Crippen molar-refractivity contribution < 1.29 is 9.90 Å². The summed E-state index contributed by atoms with van der Waals surface area (Å²) in [6, 6.07) is 18.8. The normalized spacial score (nSPS) is 14.6. The average Bonchev–Trinajstić information content (AvgIpc) is 2.66. The molecule has 0 amide bonds. The maximum absolute atomic E-state index is 11.1. The molecule has 0 fully saturated rings. The van der Waals surface area contributed by atoms with E-state index in [9.17, 15) is 4.79 Å². The van der Waals surface area contributed by atoms with Gasteiger partial charge in [0, 0.05) is 19.3 Å². The number of carboxylic acids is 1.